The minimum absolute atomic E-state index is 0.0482. The van der Waals surface area contributed by atoms with E-state index in [1.54, 1.807) is 12.1 Å². The van der Waals surface area contributed by atoms with Gasteiger partial charge in [0.1, 0.15) is 9.32 Å². The van der Waals surface area contributed by atoms with Gasteiger partial charge in [-0.3, -0.25) is 19.3 Å². The van der Waals surface area contributed by atoms with Crippen LogP contribution in [0.1, 0.15) is 45.6 Å². The Balaban J connectivity index is 1.42. The van der Waals surface area contributed by atoms with Crippen molar-refractivity contribution in [3.05, 3.63) is 55.8 Å². The Morgan fingerprint density at radius 1 is 1.25 bits per heavy atom. The summed E-state index contributed by atoms with van der Waals surface area (Å²) in [4.78, 5) is 40.4. The van der Waals surface area contributed by atoms with Gasteiger partial charge in [-0.05, 0) is 49.0 Å². The SMILES string of the molecule is NC(=O)c1c(NC(=O)CCN2C(=O)C(=Cc3ccccc3Cl)SC2=S)sc2c1CCCC2. The Kier molecular flexibility index (Phi) is 6.99. The third kappa shape index (κ3) is 4.76. The van der Waals surface area contributed by atoms with Gasteiger partial charge in [0.25, 0.3) is 11.8 Å². The molecule has 166 valence electrons. The fourth-order valence-corrected chi connectivity index (χ4v) is 6.54. The van der Waals surface area contributed by atoms with Gasteiger partial charge >= 0.3 is 0 Å². The number of benzene rings is 1. The number of thiocarbonyl (C=S) groups is 1. The number of halogens is 1. The maximum absolute atomic E-state index is 12.8. The van der Waals surface area contributed by atoms with Crippen molar-refractivity contribution >= 4 is 80.0 Å². The minimum atomic E-state index is -0.527. The standard InChI is InChI=1S/C22H20ClN3O3S3/c23-14-7-3-1-5-12(14)11-16-21(29)26(22(30)32-16)10-9-17(27)25-20-18(19(24)28)13-6-2-4-8-15(13)31-20/h1,3,5,7,11H,2,4,6,8-10H2,(H2,24,28)(H,25,27). The summed E-state index contributed by atoms with van der Waals surface area (Å²) in [6.45, 7) is 0.146. The van der Waals surface area contributed by atoms with Crippen LogP contribution in [0.2, 0.25) is 5.02 Å². The molecule has 2 heterocycles. The summed E-state index contributed by atoms with van der Waals surface area (Å²) in [5, 5.41) is 3.86. The van der Waals surface area contributed by atoms with Crippen LogP contribution in [-0.4, -0.2) is 33.5 Å². The number of rotatable bonds is 6. The van der Waals surface area contributed by atoms with Crippen molar-refractivity contribution < 1.29 is 14.4 Å². The molecule has 3 N–H and O–H groups in total. The van der Waals surface area contributed by atoms with Crippen molar-refractivity contribution in [3.8, 4) is 0 Å². The molecule has 2 aliphatic rings. The minimum Gasteiger partial charge on any atom is -0.365 e. The maximum atomic E-state index is 12.8. The number of amides is 3. The number of thioether (sulfide) groups is 1. The number of aryl methyl sites for hydroxylation is 1. The number of nitrogens with two attached hydrogens (primary N) is 1. The second-order valence-corrected chi connectivity index (χ2v) is 10.6. The lowest BCUT2D eigenvalue weighted by Crippen LogP contribution is -2.31. The zero-order valence-corrected chi connectivity index (χ0v) is 20.2. The zero-order valence-electron chi connectivity index (χ0n) is 17.0. The molecule has 3 amide bonds. The normalized spacial score (nSPS) is 17.0. The second kappa shape index (κ2) is 9.74. The molecule has 10 heteroatoms. The third-order valence-corrected chi connectivity index (χ3v) is 8.23. The van der Waals surface area contributed by atoms with Gasteiger partial charge in [0.15, 0.2) is 0 Å². The molecular weight excluding hydrogens is 486 g/mol. The van der Waals surface area contributed by atoms with E-state index < -0.39 is 5.91 Å². The lowest BCUT2D eigenvalue weighted by atomic mass is 9.95. The van der Waals surface area contributed by atoms with Crippen LogP contribution in [-0.2, 0) is 22.4 Å². The fourth-order valence-electron chi connectivity index (χ4n) is 3.74. The molecule has 1 aromatic heterocycles. The lowest BCUT2D eigenvalue weighted by molar-refractivity contribution is -0.122. The number of thiophene rings is 1. The molecule has 6 nitrogen and oxygen atoms in total. The van der Waals surface area contributed by atoms with Crippen LogP contribution >= 0.6 is 46.9 Å². The van der Waals surface area contributed by atoms with E-state index in [0.717, 1.165) is 41.7 Å². The molecule has 1 fully saturated rings. The maximum Gasteiger partial charge on any atom is 0.266 e. The Labute approximate surface area is 204 Å². The number of primary amides is 1. The van der Waals surface area contributed by atoms with E-state index in [1.165, 1.54) is 28.0 Å². The van der Waals surface area contributed by atoms with Gasteiger partial charge in [-0.15, -0.1) is 11.3 Å². The summed E-state index contributed by atoms with van der Waals surface area (Å²) in [6, 6.07) is 7.23. The van der Waals surface area contributed by atoms with Crippen molar-refractivity contribution in [3.63, 3.8) is 0 Å². The first-order chi connectivity index (χ1) is 15.3. The summed E-state index contributed by atoms with van der Waals surface area (Å²) in [6.07, 6.45) is 5.52. The molecule has 1 aromatic carbocycles. The highest BCUT2D eigenvalue weighted by Crippen LogP contribution is 2.38. The van der Waals surface area contributed by atoms with E-state index >= 15 is 0 Å². The van der Waals surface area contributed by atoms with Gasteiger partial charge in [-0.2, -0.15) is 0 Å². The van der Waals surface area contributed by atoms with Crippen LogP contribution in [0.5, 0.6) is 0 Å². The van der Waals surface area contributed by atoms with Crippen molar-refractivity contribution in [1.82, 2.24) is 4.90 Å². The predicted molar refractivity (Wildman–Crippen MR) is 134 cm³/mol. The van der Waals surface area contributed by atoms with E-state index in [-0.39, 0.29) is 24.8 Å². The molecule has 1 aliphatic carbocycles. The quantitative estimate of drug-likeness (QED) is 0.442. The summed E-state index contributed by atoms with van der Waals surface area (Å²) >= 11 is 14.1. The van der Waals surface area contributed by atoms with E-state index in [9.17, 15) is 14.4 Å². The predicted octanol–water partition coefficient (Wildman–Crippen LogP) is 4.61. The summed E-state index contributed by atoms with van der Waals surface area (Å²) in [5.41, 5.74) is 7.70. The first kappa shape index (κ1) is 23.0. The second-order valence-electron chi connectivity index (χ2n) is 7.43. The average Bonchev–Trinajstić information content (AvgIpc) is 3.24. The molecule has 0 spiro atoms. The van der Waals surface area contributed by atoms with Crippen LogP contribution in [0.15, 0.2) is 29.2 Å². The molecule has 4 rings (SSSR count). The van der Waals surface area contributed by atoms with E-state index in [1.807, 2.05) is 18.2 Å². The molecule has 0 atom stereocenters. The molecule has 32 heavy (non-hydrogen) atoms. The molecule has 0 saturated carbocycles. The number of hydrogen-bond donors (Lipinski definition) is 2. The van der Waals surface area contributed by atoms with Crippen LogP contribution in [0.4, 0.5) is 5.00 Å². The number of nitrogens with zero attached hydrogens (tertiary/aromatic N) is 1. The number of nitrogens with one attached hydrogen (secondary N) is 1. The number of hydrogen-bond acceptors (Lipinski definition) is 6. The molecule has 0 bridgehead atoms. The summed E-state index contributed by atoms with van der Waals surface area (Å²) in [5.74, 6) is -1.08. The van der Waals surface area contributed by atoms with Crippen molar-refractivity contribution in [2.45, 2.75) is 32.1 Å². The van der Waals surface area contributed by atoms with E-state index in [0.29, 0.717) is 24.8 Å². The first-order valence-corrected chi connectivity index (χ1v) is 12.5. The smallest absolute Gasteiger partial charge is 0.266 e. The monoisotopic (exact) mass is 505 g/mol. The van der Waals surface area contributed by atoms with Crippen molar-refractivity contribution in [2.75, 3.05) is 11.9 Å². The summed E-state index contributed by atoms with van der Waals surface area (Å²) < 4.78 is 0.394. The number of carbonyl (C=O) groups excluding carboxylic acids is 3. The number of carbonyl (C=O) groups is 3. The van der Waals surface area contributed by atoms with Gasteiger partial charge in [0.2, 0.25) is 5.91 Å². The van der Waals surface area contributed by atoms with Gasteiger partial charge in [0, 0.05) is 22.9 Å². The molecule has 1 aliphatic heterocycles. The number of fused-ring (bicyclic) bond motifs is 1. The summed E-state index contributed by atoms with van der Waals surface area (Å²) in [7, 11) is 0. The Morgan fingerprint density at radius 3 is 2.75 bits per heavy atom. The Bertz CT molecular complexity index is 1160. The topological polar surface area (TPSA) is 92.5 Å². The lowest BCUT2D eigenvalue weighted by Gasteiger charge is -2.14. The van der Waals surface area contributed by atoms with Gasteiger partial charge in [-0.25, -0.2) is 0 Å². The van der Waals surface area contributed by atoms with Crippen LogP contribution in [0.25, 0.3) is 6.08 Å². The fraction of sp³-hybridized carbons (Fsp3) is 0.273. The Hall–Kier alpha value is -2.20. The highest BCUT2D eigenvalue weighted by Gasteiger charge is 2.32. The molecule has 1 saturated heterocycles. The molecule has 0 radical (unpaired) electrons. The van der Waals surface area contributed by atoms with Gasteiger partial charge < -0.3 is 11.1 Å². The largest absolute Gasteiger partial charge is 0.365 e. The van der Waals surface area contributed by atoms with Crippen molar-refractivity contribution in [2.24, 2.45) is 5.73 Å². The van der Waals surface area contributed by atoms with Crippen LogP contribution in [0, 0.1) is 0 Å². The molecular formula is C22H20ClN3O3S3. The highest BCUT2D eigenvalue weighted by atomic mass is 35.5. The Morgan fingerprint density at radius 2 is 2.00 bits per heavy atom. The van der Waals surface area contributed by atoms with E-state index in [2.05, 4.69) is 5.32 Å². The first-order valence-electron chi connectivity index (χ1n) is 10.1. The third-order valence-electron chi connectivity index (χ3n) is 5.30. The van der Waals surface area contributed by atoms with Crippen LogP contribution in [0.3, 0.4) is 0 Å². The highest BCUT2D eigenvalue weighted by molar-refractivity contribution is 8.26. The van der Waals surface area contributed by atoms with Crippen LogP contribution < -0.4 is 11.1 Å². The average molecular weight is 506 g/mol. The van der Waals surface area contributed by atoms with Crippen molar-refractivity contribution in [1.29, 1.82) is 0 Å². The molecule has 2 aromatic rings. The van der Waals surface area contributed by atoms with Gasteiger partial charge in [0.05, 0.1) is 10.5 Å². The number of anilines is 1. The van der Waals surface area contributed by atoms with E-state index in [4.69, 9.17) is 29.6 Å². The zero-order chi connectivity index (χ0) is 22.8. The van der Waals surface area contributed by atoms with Gasteiger partial charge in [-0.1, -0.05) is 53.8 Å². The molecule has 0 unspecified atom stereocenters.